The maximum atomic E-state index is 11.9. The van der Waals surface area contributed by atoms with Crippen LogP contribution in [0.1, 0.15) is 24.0 Å². The van der Waals surface area contributed by atoms with Gasteiger partial charge in [-0.3, -0.25) is 4.79 Å². The lowest BCUT2D eigenvalue weighted by atomic mass is 10.1. The minimum Gasteiger partial charge on any atom is -0.507 e. The molecule has 140 valence electrons. The fraction of sp³-hybridized carbons (Fsp3) is 0.300. The molecule has 0 radical (unpaired) electrons. The Morgan fingerprint density at radius 3 is 2.74 bits per heavy atom. The topological polar surface area (TPSA) is 102 Å². The van der Waals surface area contributed by atoms with Crippen molar-refractivity contribution in [2.24, 2.45) is 0 Å². The predicted octanol–water partition coefficient (Wildman–Crippen LogP) is 3.03. The van der Waals surface area contributed by atoms with Crippen LogP contribution in [-0.4, -0.2) is 23.7 Å². The summed E-state index contributed by atoms with van der Waals surface area (Å²) in [6, 6.07) is 7.13. The molecule has 0 aliphatic carbocycles. The Morgan fingerprint density at radius 2 is 2.00 bits per heavy atom. The van der Waals surface area contributed by atoms with E-state index in [9.17, 15) is 14.7 Å². The normalized spacial score (nSPS) is 16.7. The Labute approximate surface area is 154 Å². The van der Waals surface area contributed by atoms with E-state index in [0.717, 1.165) is 11.8 Å². The number of fused-ring (bicyclic) bond motifs is 1. The number of aromatic hydroxyl groups is 1. The Hall–Kier alpha value is -3.22. The third kappa shape index (κ3) is 3.16. The molecule has 1 aliphatic heterocycles. The van der Waals surface area contributed by atoms with E-state index in [-0.39, 0.29) is 29.0 Å². The zero-order valence-electron chi connectivity index (χ0n) is 15.0. The molecule has 2 N–H and O–H groups in total. The van der Waals surface area contributed by atoms with Gasteiger partial charge in [-0.05, 0) is 44.5 Å². The van der Waals surface area contributed by atoms with Crippen molar-refractivity contribution in [3.05, 3.63) is 45.8 Å². The number of furan rings is 1. The first kappa shape index (κ1) is 17.2. The molecule has 1 saturated heterocycles. The van der Waals surface area contributed by atoms with E-state index >= 15 is 0 Å². The van der Waals surface area contributed by atoms with Crippen molar-refractivity contribution in [2.75, 3.05) is 6.61 Å². The van der Waals surface area contributed by atoms with Gasteiger partial charge in [0.05, 0.1) is 11.6 Å². The number of rotatable bonds is 4. The average Bonchev–Trinajstić information content (AvgIpc) is 3.26. The maximum absolute atomic E-state index is 11.9. The Morgan fingerprint density at radius 1 is 1.19 bits per heavy atom. The van der Waals surface area contributed by atoms with Gasteiger partial charge in [-0.2, -0.15) is 0 Å². The van der Waals surface area contributed by atoms with Crippen molar-refractivity contribution in [2.45, 2.75) is 32.7 Å². The zero-order valence-corrected chi connectivity index (χ0v) is 15.0. The van der Waals surface area contributed by atoms with E-state index < -0.39 is 5.63 Å². The van der Waals surface area contributed by atoms with Crippen LogP contribution in [-0.2, 0) is 4.79 Å². The smallest absolute Gasteiger partial charge is 0.343 e. The fourth-order valence-corrected chi connectivity index (χ4v) is 3.19. The lowest BCUT2D eigenvalue weighted by Gasteiger charge is -2.11. The summed E-state index contributed by atoms with van der Waals surface area (Å²) in [5.41, 5.74) is 0.617. The van der Waals surface area contributed by atoms with Crippen LogP contribution in [0.3, 0.4) is 0 Å². The van der Waals surface area contributed by atoms with Gasteiger partial charge in [0.25, 0.3) is 0 Å². The third-order valence-electron chi connectivity index (χ3n) is 4.80. The van der Waals surface area contributed by atoms with Gasteiger partial charge >= 0.3 is 5.63 Å². The summed E-state index contributed by atoms with van der Waals surface area (Å²) in [7, 11) is 0. The largest absolute Gasteiger partial charge is 0.507 e. The van der Waals surface area contributed by atoms with Gasteiger partial charge in [0.15, 0.2) is 11.5 Å². The van der Waals surface area contributed by atoms with Gasteiger partial charge in [0.1, 0.15) is 23.7 Å². The third-order valence-corrected chi connectivity index (χ3v) is 4.80. The fourth-order valence-electron chi connectivity index (χ4n) is 3.19. The van der Waals surface area contributed by atoms with Crippen LogP contribution >= 0.6 is 0 Å². The van der Waals surface area contributed by atoms with Crippen molar-refractivity contribution in [3.8, 4) is 23.0 Å². The van der Waals surface area contributed by atoms with Crippen molar-refractivity contribution in [3.63, 3.8) is 0 Å². The zero-order chi connectivity index (χ0) is 19.1. The lowest BCUT2D eigenvalue weighted by Crippen LogP contribution is -2.30. The van der Waals surface area contributed by atoms with Crippen molar-refractivity contribution in [1.82, 2.24) is 5.32 Å². The number of carbonyl (C=O) groups excluding carboxylic acids is 1. The summed E-state index contributed by atoms with van der Waals surface area (Å²) >= 11 is 0. The number of benzene rings is 1. The van der Waals surface area contributed by atoms with Gasteiger partial charge in [0, 0.05) is 17.4 Å². The molecule has 7 heteroatoms. The molecule has 3 heterocycles. The summed E-state index contributed by atoms with van der Waals surface area (Å²) in [6.45, 7) is 3.58. The van der Waals surface area contributed by atoms with E-state index in [2.05, 4.69) is 5.32 Å². The van der Waals surface area contributed by atoms with E-state index in [1.165, 1.54) is 6.92 Å². The maximum Gasteiger partial charge on any atom is 0.343 e. The minimum atomic E-state index is -0.601. The molecule has 1 amide bonds. The van der Waals surface area contributed by atoms with E-state index in [0.29, 0.717) is 35.7 Å². The number of hydrogen-bond acceptors (Lipinski definition) is 6. The Bertz CT molecular complexity index is 1090. The highest BCUT2D eigenvalue weighted by molar-refractivity contribution is 5.84. The van der Waals surface area contributed by atoms with Gasteiger partial charge < -0.3 is 24.0 Å². The second kappa shape index (κ2) is 6.50. The van der Waals surface area contributed by atoms with Gasteiger partial charge in [-0.1, -0.05) is 0 Å². The van der Waals surface area contributed by atoms with Crippen LogP contribution in [0.15, 0.2) is 37.9 Å². The van der Waals surface area contributed by atoms with Crippen molar-refractivity contribution < 1.29 is 23.5 Å². The second-order valence-corrected chi connectivity index (χ2v) is 6.74. The van der Waals surface area contributed by atoms with E-state index in [1.54, 1.807) is 25.1 Å². The van der Waals surface area contributed by atoms with Crippen molar-refractivity contribution >= 4 is 16.9 Å². The number of nitrogens with one attached hydrogen (secondary N) is 1. The first-order chi connectivity index (χ1) is 12.9. The molecule has 1 fully saturated rings. The highest BCUT2D eigenvalue weighted by Crippen LogP contribution is 2.34. The standard InChI is InChI=1S/C20H19NO6/c1-10-18(23)11(2)20(24)27-19(10)16-8-12-7-14(4-5-15(12)26-16)25-9-13-3-6-17(22)21-13/h4-5,7-8,13,23H,3,6,9H2,1-2H3,(H,21,22). The lowest BCUT2D eigenvalue weighted by molar-refractivity contribution is -0.119. The summed E-state index contributed by atoms with van der Waals surface area (Å²) < 4.78 is 16.9. The molecular weight excluding hydrogens is 350 g/mol. The summed E-state index contributed by atoms with van der Waals surface area (Å²) in [4.78, 5) is 23.1. The molecule has 1 unspecified atom stereocenters. The second-order valence-electron chi connectivity index (χ2n) is 6.74. The molecule has 7 nitrogen and oxygen atoms in total. The molecule has 1 atom stereocenters. The summed E-state index contributed by atoms with van der Waals surface area (Å²) in [5.74, 6) is 1.17. The molecule has 0 bridgehead atoms. The molecule has 3 aromatic rings. The van der Waals surface area contributed by atoms with Crippen LogP contribution in [0.25, 0.3) is 22.5 Å². The number of ether oxygens (including phenoxy) is 1. The highest BCUT2D eigenvalue weighted by Gasteiger charge is 2.21. The molecular formula is C20H19NO6. The predicted molar refractivity (Wildman–Crippen MR) is 98.0 cm³/mol. The van der Waals surface area contributed by atoms with Crippen LogP contribution in [0, 0.1) is 13.8 Å². The van der Waals surface area contributed by atoms with Crippen LogP contribution in [0.2, 0.25) is 0 Å². The number of hydrogen-bond donors (Lipinski definition) is 2. The highest BCUT2D eigenvalue weighted by atomic mass is 16.5. The van der Waals surface area contributed by atoms with E-state index in [4.69, 9.17) is 13.6 Å². The molecule has 0 saturated carbocycles. The molecule has 2 aromatic heterocycles. The Kier molecular flexibility index (Phi) is 4.14. The van der Waals surface area contributed by atoms with Crippen LogP contribution in [0.4, 0.5) is 0 Å². The van der Waals surface area contributed by atoms with Gasteiger partial charge in [-0.15, -0.1) is 0 Å². The SMILES string of the molecule is Cc1c(-c2cc3cc(OCC4CCC(=O)N4)ccc3o2)oc(=O)c(C)c1O. The average molecular weight is 369 g/mol. The molecule has 1 aliphatic rings. The molecule has 4 rings (SSSR count). The van der Waals surface area contributed by atoms with Crippen molar-refractivity contribution in [1.29, 1.82) is 0 Å². The molecule has 0 spiro atoms. The molecule has 1 aromatic carbocycles. The summed E-state index contributed by atoms with van der Waals surface area (Å²) in [6.07, 6.45) is 1.30. The van der Waals surface area contributed by atoms with Crippen LogP contribution < -0.4 is 15.7 Å². The monoisotopic (exact) mass is 369 g/mol. The van der Waals surface area contributed by atoms with Gasteiger partial charge in [0.2, 0.25) is 5.91 Å². The minimum absolute atomic E-state index is 0.0283. The summed E-state index contributed by atoms with van der Waals surface area (Å²) in [5, 5.41) is 13.7. The quantitative estimate of drug-likeness (QED) is 0.733. The van der Waals surface area contributed by atoms with Gasteiger partial charge in [-0.25, -0.2) is 4.79 Å². The Balaban J connectivity index is 1.62. The van der Waals surface area contributed by atoms with Crippen LogP contribution in [0.5, 0.6) is 11.5 Å². The number of amides is 1. The van der Waals surface area contributed by atoms with E-state index in [1.807, 2.05) is 6.07 Å². The molecule has 27 heavy (non-hydrogen) atoms. The number of carbonyl (C=O) groups is 1. The first-order valence-electron chi connectivity index (χ1n) is 8.72. The first-order valence-corrected chi connectivity index (χ1v) is 8.72.